The SMILES string of the molecule is CCOc1ccc(CS(=O)(=O)c2nc(NC)c3ncn(C)c3n2)cc1N. The number of aromatic nitrogens is 4. The van der Waals surface area contributed by atoms with Gasteiger partial charge in [0.25, 0.3) is 5.16 Å². The largest absolute Gasteiger partial charge is 0.492 e. The van der Waals surface area contributed by atoms with Crippen LogP contribution in [0.25, 0.3) is 11.2 Å². The molecule has 0 saturated heterocycles. The third-order valence-electron chi connectivity index (χ3n) is 3.78. The van der Waals surface area contributed by atoms with Crippen molar-refractivity contribution in [1.82, 2.24) is 19.5 Å². The van der Waals surface area contributed by atoms with E-state index in [-0.39, 0.29) is 10.9 Å². The van der Waals surface area contributed by atoms with Crippen LogP contribution in [0, 0.1) is 0 Å². The van der Waals surface area contributed by atoms with Crippen molar-refractivity contribution in [2.75, 3.05) is 24.7 Å². The summed E-state index contributed by atoms with van der Waals surface area (Å²) < 4.78 is 32.6. The first-order valence-electron chi connectivity index (χ1n) is 7.96. The standard InChI is InChI=1S/C16H20N6O3S/c1-4-25-12-6-5-10(7-11(12)17)8-26(23,24)16-20-14(18-2)13-15(21-16)22(3)9-19-13/h5-7,9H,4,8,17H2,1-3H3,(H,18,20,21). The molecule has 0 radical (unpaired) electrons. The molecular formula is C16H20N6O3S. The Bertz CT molecular complexity index is 1060. The summed E-state index contributed by atoms with van der Waals surface area (Å²) in [6.07, 6.45) is 1.56. The smallest absolute Gasteiger partial charge is 0.251 e. The van der Waals surface area contributed by atoms with Crippen LogP contribution in [0.15, 0.2) is 29.7 Å². The molecule has 1 aromatic carbocycles. The second-order valence-electron chi connectivity index (χ2n) is 5.70. The van der Waals surface area contributed by atoms with Crippen LogP contribution in [-0.2, 0) is 22.6 Å². The van der Waals surface area contributed by atoms with Crippen LogP contribution in [0.5, 0.6) is 5.75 Å². The number of ether oxygens (including phenoxy) is 1. The number of imidazole rings is 1. The fourth-order valence-electron chi connectivity index (χ4n) is 2.56. The van der Waals surface area contributed by atoms with E-state index in [4.69, 9.17) is 10.5 Å². The highest BCUT2D eigenvalue weighted by molar-refractivity contribution is 7.90. The van der Waals surface area contributed by atoms with Crippen LogP contribution in [0.4, 0.5) is 11.5 Å². The van der Waals surface area contributed by atoms with Crippen molar-refractivity contribution in [3.63, 3.8) is 0 Å². The van der Waals surface area contributed by atoms with E-state index in [1.54, 1.807) is 43.2 Å². The maximum Gasteiger partial charge on any atom is 0.251 e. The first-order valence-corrected chi connectivity index (χ1v) is 9.61. The average Bonchev–Trinajstić information content (AvgIpc) is 2.98. The van der Waals surface area contributed by atoms with Gasteiger partial charge < -0.3 is 20.4 Å². The van der Waals surface area contributed by atoms with Gasteiger partial charge in [-0.1, -0.05) is 6.07 Å². The first-order chi connectivity index (χ1) is 12.4. The summed E-state index contributed by atoms with van der Waals surface area (Å²) >= 11 is 0. The Kier molecular flexibility index (Phi) is 4.68. The van der Waals surface area contributed by atoms with E-state index in [9.17, 15) is 8.42 Å². The zero-order valence-corrected chi connectivity index (χ0v) is 15.5. The molecule has 10 heteroatoms. The van der Waals surface area contributed by atoms with E-state index in [2.05, 4.69) is 20.3 Å². The second-order valence-corrected chi connectivity index (χ2v) is 7.58. The molecular weight excluding hydrogens is 356 g/mol. The van der Waals surface area contributed by atoms with E-state index >= 15 is 0 Å². The van der Waals surface area contributed by atoms with Gasteiger partial charge in [-0.05, 0) is 24.6 Å². The molecule has 0 aliphatic carbocycles. The highest BCUT2D eigenvalue weighted by Crippen LogP contribution is 2.26. The lowest BCUT2D eigenvalue weighted by Crippen LogP contribution is -2.12. The van der Waals surface area contributed by atoms with Crippen LogP contribution < -0.4 is 15.8 Å². The normalized spacial score (nSPS) is 11.7. The van der Waals surface area contributed by atoms with Gasteiger partial charge in [0.2, 0.25) is 9.84 Å². The summed E-state index contributed by atoms with van der Waals surface area (Å²) in [5, 5.41) is 2.60. The van der Waals surface area contributed by atoms with Crippen molar-refractivity contribution in [3.8, 4) is 5.75 Å². The summed E-state index contributed by atoms with van der Waals surface area (Å²) in [6.45, 7) is 2.33. The van der Waals surface area contributed by atoms with Gasteiger partial charge in [-0.15, -0.1) is 0 Å². The van der Waals surface area contributed by atoms with E-state index in [0.717, 1.165) is 0 Å². The number of nitrogens with zero attached hydrogens (tertiary/aromatic N) is 4. The molecule has 2 heterocycles. The predicted octanol–water partition coefficient (Wildman–Crippen LogP) is 1.36. The number of rotatable bonds is 6. The van der Waals surface area contributed by atoms with Gasteiger partial charge in [-0.2, -0.15) is 9.97 Å². The number of nitrogens with two attached hydrogens (primary N) is 1. The van der Waals surface area contributed by atoms with Crippen LogP contribution in [0.3, 0.4) is 0 Å². The Labute approximate surface area is 151 Å². The molecule has 3 aromatic rings. The van der Waals surface area contributed by atoms with Crippen molar-refractivity contribution in [2.24, 2.45) is 7.05 Å². The molecule has 0 spiro atoms. The number of fused-ring (bicyclic) bond motifs is 1. The monoisotopic (exact) mass is 376 g/mol. The molecule has 9 nitrogen and oxygen atoms in total. The molecule has 138 valence electrons. The van der Waals surface area contributed by atoms with Crippen LogP contribution >= 0.6 is 0 Å². The lowest BCUT2D eigenvalue weighted by Gasteiger charge is -2.10. The molecule has 0 saturated carbocycles. The Balaban J connectivity index is 1.99. The molecule has 3 N–H and O–H groups in total. The number of hydrogen-bond donors (Lipinski definition) is 2. The molecule has 0 aliphatic heterocycles. The molecule has 2 aromatic heterocycles. The van der Waals surface area contributed by atoms with E-state index in [1.807, 2.05) is 6.92 Å². The van der Waals surface area contributed by atoms with E-state index < -0.39 is 9.84 Å². The number of benzene rings is 1. The van der Waals surface area contributed by atoms with Gasteiger partial charge in [0.05, 0.1) is 24.4 Å². The van der Waals surface area contributed by atoms with Crippen molar-refractivity contribution < 1.29 is 13.2 Å². The van der Waals surface area contributed by atoms with Gasteiger partial charge in [0.15, 0.2) is 11.5 Å². The van der Waals surface area contributed by atoms with Gasteiger partial charge in [0, 0.05) is 14.1 Å². The number of aryl methyl sites for hydroxylation is 1. The zero-order valence-electron chi connectivity index (χ0n) is 14.7. The summed E-state index contributed by atoms with van der Waals surface area (Å²) in [5.41, 5.74) is 7.79. The highest BCUT2D eigenvalue weighted by atomic mass is 32.2. The Morgan fingerprint density at radius 1 is 1.31 bits per heavy atom. The van der Waals surface area contributed by atoms with Crippen molar-refractivity contribution in [2.45, 2.75) is 17.8 Å². The summed E-state index contributed by atoms with van der Waals surface area (Å²) in [5.74, 6) is 0.620. The molecule has 26 heavy (non-hydrogen) atoms. The van der Waals surface area contributed by atoms with Crippen molar-refractivity contribution in [1.29, 1.82) is 0 Å². The Morgan fingerprint density at radius 3 is 2.73 bits per heavy atom. The van der Waals surface area contributed by atoms with Gasteiger partial charge in [-0.25, -0.2) is 13.4 Å². The number of hydrogen-bond acceptors (Lipinski definition) is 8. The molecule has 0 aliphatic rings. The number of anilines is 2. The second kappa shape index (κ2) is 6.79. The molecule has 3 rings (SSSR count). The fourth-order valence-corrected chi connectivity index (χ4v) is 3.76. The van der Waals surface area contributed by atoms with E-state index in [1.165, 1.54) is 0 Å². The number of nitrogen functional groups attached to an aromatic ring is 1. The van der Waals surface area contributed by atoms with Gasteiger partial charge in [0.1, 0.15) is 11.3 Å². The third-order valence-corrected chi connectivity index (χ3v) is 5.24. The minimum atomic E-state index is -3.77. The molecule has 0 atom stereocenters. The Morgan fingerprint density at radius 2 is 2.08 bits per heavy atom. The van der Waals surface area contributed by atoms with Crippen LogP contribution in [0.2, 0.25) is 0 Å². The van der Waals surface area contributed by atoms with E-state index in [0.29, 0.717) is 40.6 Å². The fraction of sp³-hybridized carbons (Fsp3) is 0.312. The predicted molar refractivity (Wildman–Crippen MR) is 98.8 cm³/mol. The van der Waals surface area contributed by atoms with Crippen molar-refractivity contribution in [3.05, 3.63) is 30.1 Å². The van der Waals surface area contributed by atoms with Crippen molar-refractivity contribution >= 4 is 32.5 Å². The highest BCUT2D eigenvalue weighted by Gasteiger charge is 2.23. The lowest BCUT2D eigenvalue weighted by atomic mass is 10.2. The number of sulfone groups is 1. The zero-order chi connectivity index (χ0) is 18.9. The summed E-state index contributed by atoms with van der Waals surface area (Å²) in [7, 11) is -0.379. The summed E-state index contributed by atoms with van der Waals surface area (Å²) in [4.78, 5) is 12.5. The Hall–Kier alpha value is -2.88. The van der Waals surface area contributed by atoms with Crippen LogP contribution in [0.1, 0.15) is 12.5 Å². The molecule has 0 unspecified atom stereocenters. The third kappa shape index (κ3) is 3.27. The summed E-state index contributed by atoms with van der Waals surface area (Å²) in [6, 6.07) is 4.92. The topological polar surface area (TPSA) is 125 Å². The molecule has 0 fully saturated rings. The quantitative estimate of drug-likeness (QED) is 0.488. The maximum atomic E-state index is 12.8. The minimum Gasteiger partial charge on any atom is -0.492 e. The minimum absolute atomic E-state index is 0.259. The first kappa shape index (κ1) is 17.9. The van der Waals surface area contributed by atoms with Gasteiger partial charge in [-0.3, -0.25) is 0 Å². The molecule has 0 bridgehead atoms. The van der Waals surface area contributed by atoms with Gasteiger partial charge >= 0.3 is 0 Å². The molecule has 0 amide bonds. The average molecular weight is 376 g/mol. The maximum absolute atomic E-state index is 12.8. The number of nitrogens with one attached hydrogen (secondary N) is 1. The van der Waals surface area contributed by atoms with Crippen LogP contribution in [-0.4, -0.2) is 41.6 Å². The lowest BCUT2D eigenvalue weighted by molar-refractivity contribution is 0.342.